The molecular formula is C28H22FN5O5. The van der Waals surface area contributed by atoms with Crippen LogP contribution in [0.1, 0.15) is 16.1 Å². The summed E-state index contributed by atoms with van der Waals surface area (Å²) in [5, 5.41) is 2.57. The quantitative estimate of drug-likeness (QED) is 0.324. The molecule has 0 aliphatic rings. The predicted molar refractivity (Wildman–Crippen MR) is 142 cm³/mol. The van der Waals surface area contributed by atoms with Crippen LogP contribution in [0.2, 0.25) is 0 Å². The van der Waals surface area contributed by atoms with Crippen molar-refractivity contribution in [2.45, 2.75) is 6.92 Å². The summed E-state index contributed by atoms with van der Waals surface area (Å²) in [6.07, 6.45) is 4.61. The largest absolute Gasteiger partial charge is 0.491 e. The number of aryl methyl sites for hydroxylation is 1. The molecule has 196 valence electrons. The van der Waals surface area contributed by atoms with Crippen molar-refractivity contribution in [3.05, 3.63) is 101 Å². The Bertz CT molecular complexity index is 1760. The minimum atomic E-state index is -0.739. The molecule has 11 heteroatoms. The molecule has 5 rings (SSSR count). The number of pyridine rings is 4. The maximum Gasteiger partial charge on any atom is 0.268 e. The van der Waals surface area contributed by atoms with Gasteiger partial charge in [0.25, 0.3) is 17.3 Å². The van der Waals surface area contributed by atoms with Gasteiger partial charge in [-0.05, 0) is 43.3 Å². The molecule has 0 spiro atoms. The Morgan fingerprint density at radius 1 is 0.923 bits per heavy atom. The molecule has 0 saturated heterocycles. The van der Waals surface area contributed by atoms with E-state index in [4.69, 9.17) is 14.2 Å². The summed E-state index contributed by atoms with van der Waals surface area (Å²) in [5.41, 5.74) is 1.56. The van der Waals surface area contributed by atoms with Crippen LogP contribution in [0.5, 0.6) is 23.1 Å². The van der Waals surface area contributed by atoms with Gasteiger partial charge in [0.2, 0.25) is 0 Å². The number of rotatable bonds is 7. The third kappa shape index (κ3) is 4.97. The number of hydrogen-bond donors (Lipinski definition) is 1. The summed E-state index contributed by atoms with van der Waals surface area (Å²) < 4.78 is 32.7. The number of nitrogens with zero attached hydrogens (tertiary/aromatic N) is 4. The normalized spacial score (nSPS) is 10.8. The minimum Gasteiger partial charge on any atom is -0.491 e. The molecule has 0 saturated carbocycles. The van der Waals surface area contributed by atoms with Crippen molar-refractivity contribution in [1.82, 2.24) is 19.5 Å². The van der Waals surface area contributed by atoms with Gasteiger partial charge in [-0.2, -0.15) is 0 Å². The maximum absolute atomic E-state index is 15.0. The van der Waals surface area contributed by atoms with Crippen LogP contribution in [0, 0.1) is 12.7 Å². The summed E-state index contributed by atoms with van der Waals surface area (Å²) in [7, 11) is 2.93. The van der Waals surface area contributed by atoms with Gasteiger partial charge >= 0.3 is 0 Å². The van der Waals surface area contributed by atoms with E-state index in [1.165, 1.54) is 43.2 Å². The van der Waals surface area contributed by atoms with Crippen molar-refractivity contribution < 1.29 is 23.4 Å². The number of ether oxygens (including phenoxy) is 3. The lowest BCUT2D eigenvalue weighted by molar-refractivity contribution is 0.102. The van der Waals surface area contributed by atoms with Crippen LogP contribution in [-0.2, 0) is 0 Å². The molecule has 4 aromatic heterocycles. The molecule has 10 nitrogen and oxygen atoms in total. The van der Waals surface area contributed by atoms with Crippen LogP contribution in [-0.4, -0.2) is 39.6 Å². The van der Waals surface area contributed by atoms with Gasteiger partial charge < -0.3 is 19.5 Å². The zero-order chi connectivity index (χ0) is 27.5. The zero-order valence-corrected chi connectivity index (χ0v) is 21.1. The molecule has 0 unspecified atom stereocenters. The first-order valence-corrected chi connectivity index (χ1v) is 11.7. The maximum atomic E-state index is 15.0. The molecular weight excluding hydrogens is 505 g/mol. The number of hydrogen-bond acceptors (Lipinski definition) is 8. The van der Waals surface area contributed by atoms with E-state index in [0.29, 0.717) is 28.2 Å². The lowest BCUT2D eigenvalue weighted by atomic mass is 10.2. The fourth-order valence-corrected chi connectivity index (χ4v) is 3.98. The van der Waals surface area contributed by atoms with E-state index < -0.39 is 17.3 Å². The number of fused-ring (bicyclic) bond motifs is 1. The third-order valence-electron chi connectivity index (χ3n) is 5.87. The molecule has 0 aliphatic heterocycles. The van der Waals surface area contributed by atoms with Crippen LogP contribution in [0.4, 0.5) is 10.1 Å². The number of nitrogens with one attached hydrogen (secondary N) is 1. The van der Waals surface area contributed by atoms with E-state index >= 15 is 4.39 Å². The third-order valence-corrected chi connectivity index (χ3v) is 5.87. The van der Waals surface area contributed by atoms with Crippen LogP contribution in [0.15, 0.2) is 78.0 Å². The molecule has 0 aliphatic carbocycles. The lowest BCUT2D eigenvalue weighted by Gasteiger charge is -2.13. The zero-order valence-electron chi connectivity index (χ0n) is 21.1. The molecule has 39 heavy (non-hydrogen) atoms. The van der Waals surface area contributed by atoms with Crippen molar-refractivity contribution in [2.24, 2.45) is 0 Å². The number of methoxy groups -OCH3 is 2. The van der Waals surface area contributed by atoms with E-state index in [9.17, 15) is 9.59 Å². The van der Waals surface area contributed by atoms with Gasteiger partial charge in [-0.3, -0.25) is 24.1 Å². The van der Waals surface area contributed by atoms with Gasteiger partial charge in [-0.15, -0.1) is 0 Å². The SMILES string of the molecule is COc1cc2nccc(Oc3ccc(NC(=O)c4ccc(C)n(-c5ccncc5)c4=O)cc3F)c2nc1OC. The first-order valence-electron chi connectivity index (χ1n) is 11.7. The van der Waals surface area contributed by atoms with E-state index in [2.05, 4.69) is 20.3 Å². The Morgan fingerprint density at radius 3 is 2.44 bits per heavy atom. The second-order valence-corrected chi connectivity index (χ2v) is 8.31. The van der Waals surface area contributed by atoms with Crippen LogP contribution in [0.3, 0.4) is 0 Å². The standard InChI is InChI=1S/C28H22FN5O5/c1-16-4-6-19(28(36)34(16)18-8-11-30-12-9-18)26(35)32-17-5-7-22(20(29)14-17)39-23-10-13-31-21-15-24(37-2)27(38-3)33-25(21)23/h4-15H,1-3H3,(H,32,35). The molecule has 0 atom stereocenters. The second-order valence-electron chi connectivity index (χ2n) is 8.31. The molecule has 0 fully saturated rings. The number of anilines is 1. The Kier molecular flexibility index (Phi) is 6.87. The fraction of sp³-hybridized carbons (Fsp3) is 0.107. The minimum absolute atomic E-state index is 0.100. The summed E-state index contributed by atoms with van der Waals surface area (Å²) in [6, 6.07) is 13.5. The molecule has 4 heterocycles. The monoisotopic (exact) mass is 527 g/mol. The lowest BCUT2D eigenvalue weighted by Crippen LogP contribution is -2.29. The Balaban J connectivity index is 1.40. The fourth-order valence-electron chi connectivity index (χ4n) is 3.98. The van der Waals surface area contributed by atoms with Crippen LogP contribution >= 0.6 is 0 Å². The van der Waals surface area contributed by atoms with Gasteiger partial charge in [0.15, 0.2) is 23.1 Å². The van der Waals surface area contributed by atoms with Crippen molar-refractivity contribution in [2.75, 3.05) is 19.5 Å². The summed E-state index contributed by atoms with van der Waals surface area (Å²) in [4.78, 5) is 38.6. The average Bonchev–Trinajstić information content (AvgIpc) is 2.94. The van der Waals surface area contributed by atoms with E-state index in [-0.39, 0.29) is 28.6 Å². The van der Waals surface area contributed by atoms with E-state index in [0.717, 1.165) is 6.07 Å². The highest BCUT2D eigenvalue weighted by Gasteiger charge is 2.18. The highest BCUT2D eigenvalue weighted by molar-refractivity contribution is 6.04. The summed E-state index contributed by atoms with van der Waals surface area (Å²) in [6.45, 7) is 1.76. The highest BCUT2D eigenvalue weighted by Crippen LogP contribution is 2.35. The van der Waals surface area contributed by atoms with Gasteiger partial charge in [0.05, 0.1) is 25.4 Å². The first kappa shape index (κ1) is 25.3. The van der Waals surface area contributed by atoms with Gasteiger partial charge in [-0.25, -0.2) is 9.37 Å². The molecule has 5 aromatic rings. The average molecular weight is 528 g/mol. The Hall–Kier alpha value is -5.32. The summed E-state index contributed by atoms with van der Waals surface area (Å²) in [5.74, 6) is -0.666. The number of halogens is 1. The number of benzene rings is 1. The van der Waals surface area contributed by atoms with Crippen molar-refractivity contribution in [3.8, 4) is 28.8 Å². The number of aromatic nitrogens is 4. The van der Waals surface area contributed by atoms with E-state index in [1.54, 1.807) is 49.6 Å². The molecule has 0 radical (unpaired) electrons. The Labute approximate surface area is 221 Å². The molecule has 1 amide bonds. The number of carbonyl (C=O) groups excluding carboxylic acids is 1. The van der Waals surface area contributed by atoms with Crippen LogP contribution < -0.4 is 25.1 Å². The number of amides is 1. The second kappa shape index (κ2) is 10.6. The van der Waals surface area contributed by atoms with E-state index in [1.807, 2.05) is 0 Å². The summed E-state index contributed by atoms with van der Waals surface area (Å²) >= 11 is 0. The first-order chi connectivity index (χ1) is 18.9. The van der Waals surface area contributed by atoms with Crippen molar-refractivity contribution in [3.63, 3.8) is 0 Å². The highest BCUT2D eigenvalue weighted by atomic mass is 19.1. The predicted octanol–water partition coefficient (Wildman–Crippen LogP) is 4.69. The van der Waals surface area contributed by atoms with Gasteiger partial charge in [0.1, 0.15) is 11.1 Å². The van der Waals surface area contributed by atoms with Gasteiger partial charge in [-0.1, -0.05) is 0 Å². The van der Waals surface area contributed by atoms with Gasteiger partial charge in [0, 0.05) is 48.2 Å². The topological polar surface area (TPSA) is 117 Å². The number of carbonyl (C=O) groups is 1. The smallest absolute Gasteiger partial charge is 0.268 e. The molecule has 1 aromatic carbocycles. The van der Waals surface area contributed by atoms with Crippen molar-refractivity contribution >= 4 is 22.6 Å². The van der Waals surface area contributed by atoms with Crippen LogP contribution in [0.25, 0.3) is 16.7 Å². The molecule has 1 N–H and O–H groups in total. The Morgan fingerprint density at radius 2 is 1.72 bits per heavy atom. The van der Waals surface area contributed by atoms with Crippen molar-refractivity contribution in [1.29, 1.82) is 0 Å². The molecule has 0 bridgehead atoms.